The van der Waals surface area contributed by atoms with Gasteiger partial charge >= 0.3 is 0 Å². The zero-order chi connectivity index (χ0) is 19.5. The molecular weight excluding hydrogens is 374 g/mol. The summed E-state index contributed by atoms with van der Waals surface area (Å²) in [4.78, 5) is 9.51. The highest BCUT2D eigenvalue weighted by Gasteiger charge is 2.24. The maximum atomic E-state index is 6.13. The maximum Gasteiger partial charge on any atom is 0.227 e. The van der Waals surface area contributed by atoms with Crippen molar-refractivity contribution in [3.63, 3.8) is 0 Å². The molecule has 6 nitrogen and oxygen atoms in total. The third-order valence-corrected chi connectivity index (χ3v) is 5.53. The molecule has 7 heteroatoms. The molecule has 0 saturated carbocycles. The Morgan fingerprint density at radius 3 is 2.50 bits per heavy atom. The van der Waals surface area contributed by atoms with E-state index >= 15 is 0 Å². The number of thioether (sulfide) groups is 1. The molecule has 3 aromatic rings. The van der Waals surface area contributed by atoms with E-state index in [1.807, 2.05) is 42.5 Å². The largest absolute Gasteiger partial charge is 0.497 e. The van der Waals surface area contributed by atoms with Crippen molar-refractivity contribution in [2.75, 3.05) is 26.5 Å². The second-order valence-corrected chi connectivity index (χ2v) is 7.34. The van der Waals surface area contributed by atoms with Gasteiger partial charge in [-0.15, -0.1) is 11.8 Å². The lowest BCUT2D eigenvalue weighted by atomic mass is 10.0. The second-order valence-electron chi connectivity index (χ2n) is 6.25. The Morgan fingerprint density at radius 2 is 1.79 bits per heavy atom. The summed E-state index contributed by atoms with van der Waals surface area (Å²) in [5, 5.41) is 0.898. The van der Waals surface area contributed by atoms with Gasteiger partial charge in [-0.3, -0.25) is 0 Å². The molecule has 1 aliphatic rings. The molecule has 2 N–H and O–H groups in total. The van der Waals surface area contributed by atoms with Gasteiger partial charge in [0.2, 0.25) is 5.88 Å². The fourth-order valence-electron chi connectivity index (χ4n) is 3.04. The van der Waals surface area contributed by atoms with E-state index in [0.29, 0.717) is 24.7 Å². The van der Waals surface area contributed by atoms with Crippen molar-refractivity contribution in [3.8, 4) is 34.5 Å². The van der Waals surface area contributed by atoms with Gasteiger partial charge in [-0.1, -0.05) is 0 Å². The number of ether oxygens (including phenoxy) is 3. The summed E-state index contributed by atoms with van der Waals surface area (Å²) in [5.41, 5.74) is 8.67. The normalized spacial score (nSPS) is 12.0. The molecule has 0 radical (unpaired) electrons. The van der Waals surface area contributed by atoms with Crippen LogP contribution in [0.5, 0.6) is 23.1 Å². The molecule has 144 valence electrons. The van der Waals surface area contributed by atoms with Crippen LogP contribution in [0.4, 0.5) is 0 Å². The van der Waals surface area contributed by atoms with Crippen LogP contribution in [0.15, 0.2) is 47.5 Å². The molecule has 1 aliphatic heterocycles. The first-order valence-electron chi connectivity index (χ1n) is 8.94. The summed E-state index contributed by atoms with van der Waals surface area (Å²) in [7, 11) is 3.30. The van der Waals surface area contributed by atoms with Gasteiger partial charge in [-0.2, -0.15) is 4.98 Å². The summed E-state index contributed by atoms with van der Waals surface area (Å²) in [5.74, 6) is 4.38. The molecule has 28 heavy (non-hydrogen) atoms. The van der Waals surface area contributed by atoms with Crippen LogP contribution in [0.3, 0.4) is 0 Å². The molecule has 0 bridgehead atoms. The highest BCUT2D eigenvalue weighted by molar-refractivity contribution is 7.99. The van der Waals surface area contributed by atoms with Crippen LogP contribution in [-0.4, -0.2) is 36.5 Å². The first-order valence-corrected chi connectivity index (χ1v) is 9.93. The number of nitrogens with zero attached hydrogens (tertiary/aromatic N) is 2. The zero-order valence-electron chi connectivity index (χ0n) is 15.8. The average Bonchev–Trinajstić information content (AvgIpc) is 2.75. The Hall–Kier alpha value is -2.77. The molecule has 0 spiro atoms. The molecule has 0 saturated heterocycles. The van der Waals surface area contributed by atoms with Crippen molar-refractivity contribution >= 4 is 11.8 Å². The van der Waals surface area contributed by atoms with Gasteiger partial charge in [0.15, 0.2) is 5.82 Å². The van der Waals surface area contributed by atoms with E-state index in [4.69, 9.17) is 29.9 Å². The molecule has 0 atom stereocenters. The van der Waals surface area contributed by atoms with Crippen LogP contribution in [-0.2, 0) is 6.42 Å². The van der Waals surface area contributed by atoms with E-state index in [1.165, 1.54) is 0 Å². The highest BCUT2D eigenvalue weighted by atomic mass is 32.2. The molecule has 0 unspecified atom stereocenters. The number of benzene rings is 2. The third kappa shape index (κ3) is 3.63. The van der Waals surface area contributed by atoms with Gasteiger partial charge in [0, 0.05) is 29.8 Å². The van der Waals surface area contributed by atoms with Gasteiger partial charge in [0.25, 0.3) is 0 Å². The molecule has 2 heterocycles. The van der Waals surface area contributed by atoms with E-state index in [2.05, 4.69) is 0 Å². The summed E-state index contributed by atoms with van der Waals surface area (Å²) < 4.78 is 16.7. The maximum absolute atomic E-state index is 6.13. The smallest absolute Gasteiger partial charge is 0.227 e. The number of nitrogens with two attached hydrogens (primary N) is 1. The lowest BCUT2D eigenvalue weighted by Crippen LogP contribution is -2.10. The number of methoxy groups -OCH3 is 2. The predicted octanol–water partition coefficient (Wildman–Crippen LogP) is 3.91. The first-order chi connectivity index (χ1) is 13.7. The number of rotatable bonds is 6. The lowest BCUT2D eigenvalue weighted by molar-refractivity contribution is 0.407. The molecule has 4 rings (SSSR count). The van der Waals surface area contributed by atoms with Crippen molar-refractivity contribution in [2.45, 2.75) is 11.4 Å². The summed E-state index contributed by atoms with van der Waals surface area (Å²) in [6.07, 6.45) is 0.692. The van der Waals surface area contributed by atoms with Gasteiger partial charge < -0.3 is 19.9 Å². The van der Waals surface area contributed by atoms with Crippen LogP contribution in [0, 0.1) is 0 Å². The van der Waals surface area contributed by atoms with E-state index in [9.17, 15) is 0 Å². The van der Waals surface area contributed by atoms with E-state index in [-0.39, 0.29) is 0 Å². The van der Waals surface area contributed by atoms with Crippen molar-refractivity contribution in [1.82, 2.24) is 9.97 Å². The number of fused-ring (bicyclic) bond motifs is 2. The number of aromatic nitrogens is 2. The minimum Gasteiger partial charge on any atom is -0.497 e. The van der Waals surface area contributed by atoms with Crippen LogP contribution >= 0.6 is 11.8 Å². The lowest BCUT2D eigenvalue weighted by Gasteiger charge is -2.22. The molecule has 1 aromatic heterocycles. The second kappa shape index (κ2) is 8.08. The van der Waals surface area contributed by atoms with Gasteiger partial charge in [0.05, 0.1) is 19.8 Å². The monoisotopic (exact) mass is 395 g/mol. The Kier molecular flexibility index (Phi) is 5.36. The van der Waals surface area contributed by atoms with Crippen LogP contribution in [0.25, 0.3) is 11.4 Å². The fraction of sp³-hybridized carbons (Fsp3) is 0.238. The predicted molar refractivity (Wildman–Crippen MR) is 110 cm³/mol. The summed E-state index contributed by atoms with van der Waals surface area (Å²) >= 11 is 1.62. The van der Waals surface area contributed by atoms with Gasteiger partial charge in [0.1, 0.15) is 22.3 Å². The zero-order valence-corrected chi connectivity index (χ0v) is 16.6. The molecular formula is C21H21N3O3S. The van der Waals surface area contributed by atoms with Crippen molar-refractivity contribution in [1.29, 1.82) is 0 Å². The minimum absolute atomic E-state index is 0.576. The Labute approximate surface area is 168 Å². The van der Waals surface area contributed by atoms with E-state index in [1.54, 1.807) is 26.0 Å². The van der Waals surface area contributed by atoms with Crippen molar-refractivity contribution in [2.24, 2.45) is 5.73 Å². The van der Waals surface area contributed by atoms with Crippen molar-refractivity contribution in [3.05, 3.63) is 53.6 Å². The highest BCUT2D eigenvalue weighted by Crippen LogP contribution is 2.41. The summed E-state index contributed by atoms with van der Waals surface area (Å²) in [6, 6.07) is 13.5. The SMILES string of the molecule is COc1ccc(-c2nc3c(c(SCCN)n2)Cc2cc(OC)ccc2O3)cc1. The first kappa shape index (κ1) is 18.6. The van der Waals surface area contributed by atoms with Crippen LogP contribution < -0.4 is 19.9 Å². The summed E-state index contributed by atoms with van der Waals surface area (Å²) in [6.45, 7) is 0.576. The van der Waals surface area contributed by atoms with E-state index in [0.717, 1.165) is 44.7 Å². The molecule has 0 aliphatic carbocycles. The topological polar surface area (TPSA) is 79.5 Å². The number of hydrogen-bond donors (Lipinski definition) is 1. The number of hydrogen-bond acceptors (Lipinski definition) is 7. The van der Waals surface area contributed by atoms with Crippen molar-refractivity contribution < 1.29 is 14.2 Å². The standard InChI is InChI=1S/C21H21N3O3S/c1-25-15-5-3-13(4-6-15)19-23-20-17(21(24-19)28-10-9-22)12-14-11-16(26-2)7-8-18(14)27-20/h3-8,11H,9-10,12,22H2,1-2H3. The third-order valence-electron chi connectivity index (χ3n) is 4.48. The molecule has 0 amide bonds. The van der Waals surface area contributed by atoms with Gasteiger partial charge in [-0.25, -0.2) is 4.98 Å². The average molecular weight is 395 g/mol. The molecule has 2 aromatic carbocycles. The Bertz CT molecular complexity index is 993. The Morgan fingerprint density at radius 1 is 1.04 bits per heavy atom. The Balaban J connectivity index is 1.76. The van der Waals surface area contributed by atoms with Crippen LogP contribution in [0.1, 0.15) is 11.1 Å². The minimum atomic E-state index is 0.576. The fourth-order valence-corrected chi connectivity index (χ4v) is 3.83. The van der Waals surface area contributed by atoms with Gasteiger partial charge in [-0.05, 0) is 42.5 Å². The van der Waals surface area contributed by atoms with Crippen LogP contribution in [0.2, 0.25) is 0 Å². The molecule has 0 fully saturated rings. The van der Waals surface area contributed by atoms with E-state index < -0.39 is 0 Å². The quantitative estimate of drug-likeness (QED) is 0.392.